The minimum Gasteiger partial charge on any atom is -0.370 e. The number of rotatable bonds is 1. The van der Waals surface area contributed by atoms with E-state index in [-0.39, 0.29) is 0 Å². The molecular formula is C8H14N2. The first-order valence-electron chi connectivity index (χ1n) is 3.98. The predicted molar refractivity (Wildman–Crippen MR) is 41.4 cm³/mol. The molecule has 2 bridgehead atoms. The van der Waals surface area contributed by atoms with Crippen LogP contribution in [0.25, 0.3) is 0 Å². The molecule has 10 heavy (non-hydrogen) atoms. The van der Waals surface area contributed by atoms with Crippen molar-refractivity contribution in [1.82, 2.24) is 4.90 Å². The maximum absolute atomic E-state index is 5.90. The Balaban J connectivity index is 2.18. The molecule has 2 rings (SSSR count). The monoisotopic (exact) mass is 138 g/mol. The van der Waals surface area contributed by atoms with Gasteiger partial charge in [0.25, 0.3) is 0 Å². The summed E-state index contributed by atoms with van der Waals surface area (Å²) in [5.74, 6) is 0. The summed E-state index contributed by atoms with van der Waals surface area (Å²) in [6.07, 6.45) is 5.73. The van der Waals surface area contributed by atoms with E-state index in [4.69, 9.17) is 5.73 Å². The van der Waals surface area contributed by atoms with E-state index in [2.05, 4.69) is 11.5 Å². The fourth-order valence-corrected chi connectivity index (χ4v) is 2.36. The molecule has 0 spiro atoms. The van der Waals surface area contributed by atoms with E-state index >= 15 is 0 Å². The highest BCUT2D eigenvalue weighted by Crippen LogP contribution is 2.36. The van der Waals surface area contributed by atoms with Crippen LogP contribution >= 0.6 is 0 Å². The second kappa shape index (κ2) is 1.99. The fraction of sp³-hybridized carbons (Fsp3) is 0.750. The first kappa shape index (κ1) is 6.23. The van der Waals surface area contributed by atoms with Crippen LogP contribution in [-0.4, -0.2) is 23.0 Å². The zero-order valence-corrected chi connectivity index (χ0v) is 6.16. The second-order valence-electron chi connectivity index (χ2n) is 3.33. The zero-order chi connectivity index (χ0) is 7.14. The first-order valence-corrected chi connectivity index (χ1v) is 3.98. The van der Waals surface area contributed by atoms with Crippen molar-refractivity contribution in [3.8, 4) is 0 Å². The quantitative estimate of drug-likeness (QED) is 0.577. The molecular weight excluding hydrogens is 124 g/mol. The summed E-state index contributed by atoms with van der Waals surface area (Å²) in [7, 11) is 0. The molecule has 2 nitrogen and oxygen atoms in total. The average Bonchev–Trinajstić information content (AvgIpc) is 2.42. The van der Waals surface area contributed by atoms with Gasteiger partial charge in [-0.15, -0.1) is 0 Å². The summed E-state index contributed by atoms with van der Waals surface area (Å²) in [6, 6.07) is 1.75. The van der Waals surface area contributed by atoms with E-state index in [0.717, 1.165) is 6.04 Å². The Morgan fingerprint density at radius 2 is 2.30 bits per heavy atom. The minimum absolute atomic E-state index is 0.414. The third kappa shape index (κ3) is 0.626. The summed E-state index contributed by atoms with van der Waals surface area (Å²) in [5, 5.41) is 0. The topological polar surface area (TPSA) is 29.3 Å². The SMILES string of the molecule is C=CN1[C@H]2CC[C@@H]1[C@H](N)C2. The largest absolute Gasteiger partial charge is 0.370 e. The summed E-state index contributed by atoms with van der Waals surface area (Å²) >= 11 is 0. The van der Waals surface area contributed by atoms with Gasteiger partial charge in [-0.1, -0.05) is 6.58 Å². The van der Waals surface area contributed by atoms with E-state index in [1.54, 1.807) is 0 Å². The van der Waals surface area contributed by atoms with Crippen LogP contribution in [0.3, 0.4) is 0 Å². The highest BCUT2D eigenvalue weighted by Gasteiger charge is 2.42. The molecule has 0 aromatic heterocycles. The number of nitrogens with zero attached hydrogens (tertiary/aromatic N) is 1. The van der Waals surface area contributed by atoms with Crippen LogP contribution in [0.1, 0.15) is 19.3 Å². The maximum Gasteiger partial charge on any atom is 0.0439 e. The lowest BCUT2D eigenvalue weighted by atomic mass is 9.97. The van der Waals surface area contributed by atoms with Crippen molar-refractivity contribution in [2.75, 3.05) is 0 Å². The van der Waals surface area contributed by atoms with Crippen LogP contribution in [0, 0.1) is 0 Å². The number of hydrogen-bond donors (Lipinski definition) is 1. The Bertz CT molecular complexity index is 155. The molecule has 2 heteroatoms. The van der Waals surface area contributed by atoms with Gasteiger partial charge in [-0.2, -0.15) is 0 Å². The molecule has 0 saturated carbocycles. The van der Waals surface area contributed by atoms with Gasteiger partial charge in [0.1, 0.15) is 0 Å². The van der Waals surface area contributed by atoms with Gasteiger partial charge in [0.15, 0.2) is 0 Å². The molecule has 0 aromatic rings. The highest BCUT2D eigenvalue weighted by atomic mass is 15.2. The van der Waals surface area contributed by atoms with Crippen molar-refractivity contribution >= 4 is 0 Å². The summed E-state index contributed by atoms with van der Waals surface area (Å²) in [5.41, 5.74) is 5.90. The van der Waals surface area contributed by atoms with Crippen molar-refractivity contribution in [3.63, 3.8) is 0 Å². The van der Waals surface area contributed by atoms with E-state index in [9.17, 15) is 0 Å². The molecule has 56 valence electrons. The van der Waals surface area contributed by atoms with Gasteiger partial charge in [-0.25, -0.2) is 0 Å². The molecule has 0 aromatic carbocycles. The van der Waals surface area contributed by atoms with Crippen LogP contribution in [-0.2, 0) is 0 Å². The van der Waals surface area contributed by atoms with Crippen molar-refractivity contribution in [1.29, 1.82) is 0 Å². The minimum atomic E-state index is 0.414. The summed E-state index contributed by atoms with van der Waals surface area (Å²) in [4.78, 5) is 2.34. The molecule has 2 aliphatic rings. The standard InChI is InChI=1S/C8H14N2/c1-2-10-6-3-4-8(10)7(9)5-6/h2,6-8H,1,3-5,9H2/t6-,7+,8+/m0/s1. The van der Waals surface area contributed by atoms with Crippen molar-refractivity contribution in [2.45, 2.75) is 37.4 Å². The Morgan fingerprint density at radius 1 is 1.50 bits per heavy atom. The van der Waals surface area contributed by atoms with Gasteiger partial charge in [-0.3, -0.25) is 0 Å². The first-order chi connectivity index (χ1) is 4.83. The lowest BCUT2D eigenvalue weighted by Gasteiger charge is -2.19. The molecule has 2 N–H and O–H groups in total. The molecule has 0 aliphatic carbocycles. The normalized spacial score (nSPS) is 44.5. The lowest BCUT2D eigenvalue weighted by Crippen LogP contribution is -2.34. The molecule has 2 aliphatic heterocycles. The van der Waals surface area contributed by atoms with Crippen LogP contribution < -0.4 is 5.73 Å². The third-order valence-corrected chi connectivity index (χ3v) is 2.85. The van der Waals surface area contributed by atoms with Gasteiger partial charge in [0.05, 0.1) is 0 Å². The van der Waals surface area contributed by atoms with Crippen molar-refractivity contribution in [3.05, 3.63) is 12.8 Å². The highest BCUT2D eigenvalue weighted by molar-refractivity contribution is 5.05. The van der Waals surface area contributed by atoms with E-state index < -0.39 is 0 Å². The zero-order valence-electron chi connectivity index (χ0n) is 6.16. The average molecular weight is 138 g/mol. The molecule has 0 unspecified atom stereocenters. The van der Waals surface area contributed by atoms with Crippen molar-refractivity contribution in [2.24, 2.45) is 5.73 Å². The van der Waals surface area contributed by atoms with Gasteiger partial charge >= 0.3 is 0 Å². The second-order valence-corrected chi connectivity index (χ2v) is 3.33. The van der Waals surface area contributed by atoms with Gasteiger partial charge < -0.3 is 10.6 Å². The van der Waals surface area contributed by atoms with Crippen LogP contribution in [0.4, 0.5) is 0 Å². The Labute approximate surface area is 61.7 Å². The van der Waals surface area contributed by atoms with Crippen molar-refractivity contribution < 1.29 is 0 Å². The summed E-state index contributed by atoms with van der Waals surface area (Å²) in [6.45, 7) is 3.79. The Morgan fingerprint density at radius 3 is 2.60 bits per heavy atom. The van der Waals surface area contributed by atoms with E-state index in [0.29, 0.717) is 12.1 Å². The lowest BCUT2D eigenvalue weighted by molar-refractivity contribution is 0.349. The fourth-order valence-electron chi connectivity index (χ4n) is 2.36. The molecule has 3 atom stereocenters. The Kier molecular flexibility index (Phi) is 1.24. The van der Waals surface area contributed by atoms with Crippen LogP contribution in [0.2, 0.25) is 0 Å². The molecule has 0 radical (unpaired) electrons. The van der Waals surface area contributed by atoms with E-state index in [1.807, 2.05) is 6.20 Å². The van der Waals surface area contributed by atoms with Gasteiger partial charge in [-0.05, 0) is 25.5 Å². The molecule has 0 amide bonds. The smallest absolute Gasteiger partial charge is 0.0439 e. The molecule has 2 fully saturated rings. The summed E-state index contributed by atoms with van der Waals surface area (Å²) < 4.78 is 0. The van der Waals surface area contributed by atoms with Crippen LogP contribution in [0.15, 0.2) is 12.8 Å². The maximum atomic E-state index is 5.90. The van der Waals surface area contributed by atoms with Gasteiger partial charge in [0, 0.05) is 18.1 Å². The Hall–Kier alpha value is -0.500. The van der Waals surface area contributed by atoms with Crippen LogP contribution in [0.5, 0.6) is 0 Å². The number of fused-ring (bicyclic) bond motifs is 2. The third-order valence-electron chi connectivity index (χ3n) is 2.85. The van der Waals surface area contributed by atoms with E-state index in [1.165, 1.54) is 19.3 Å². The molecule has 2 heterocycles. The number of nitrogens with two attached hydrogens (primary N) is 1. The number of hydrogen-bond acceptors (Lipinski definition) is 2. The van der Waals surface area contributed by atoms with Gasteiger partial charge in [0.2, 0.25) is 0 Å². The predicted octanol–water partition coefficient (Wildman–Crippen LogP) is 0.694. The molecule has 2 saturated heterocycles.